The van der Waals surface area contributed by atoms with Gasteiger partial charge in [-0.1, -0.05) is 26.0 Å². The fourth-order valence-electron chi connectivity index (χ4n) is 7.80. The minimum atomic E-state index is -1.04. The average molecular weight is 589 g/mol. The van der Waals surface area contributed by atoms with E-state index in [4.69, 9.17) is 9.47 Å². The SMILES string of the molecule is C=CCN(CCN1CCOCC1)C(=O)C1N(CCCCCO)C(=O)[C@@H]2[C@H](C(=O)N(CC=C)CCC)[C@]3(CC)CCC12O3. The number of fused-ring (bicyclic) bond motifs is 1. The summed E-state index contributed by atoms with van der Waals surface area (Å²) in [5.41, 5.74) is -1.80. The Hall–Kier alpha value is -2.27. The molecule has 0 aromatic rings. The first-order chi connectivity index (χ1) is 20.3. The molecule has 0 aromatic heterocycles. The molecule has 4 rings (SSSR count). The van der Waals surface area contributed by atoms with Gasteiger partial charge in [0.05, 0.1) is 30.7 Å². The third-order valence-corrected chi connectivity index (χ3v) is 9.84. The number of hydrogen-bond acceptors (Lipinski definition) is 7. The molecule has 42 heavy (non-hydrogen) atoms. The zero-order valence-electron chi connectivity index (χ0n) is 25.8. The molecule has 0 radical (unpaired) electrons. The first-order valence-electron chi connectivity index (χ1n) is 16.0. The zero-order valence-corrected chi connectivity index (χ0v) is 25.8. The van der Waals surface area contributed by atoms with Gasteiger partial charge in [-0.2, -0.15) is 0 Å². The second-order valence-electron chi connectivity index (χ2n) is 12.2. The quantitative estimate of drug-likeness (QED) is 0.205. The largest absolute Gasteiger partial charge is 0.396 e. The molecule has 0 aromatic carbocycles. The maximum atomic E-state index is 14.6. The molecule has 2 bridgehead atoms. The predicted molar refractivity (Wildman–Crippen MR) is 161 cm³/mol. The molecular weight excluding hydrogens is 536 g/mol. The molecule has 4 saturated heterocycles. The highest BCUT2D eigenvalue weighted by Gasteiger charge is 2.78. The monoisotopic (exact) mass is 588 g/mol. The Kier molecular flexibility index (Phi) is 11.2. The third kappa shape index (κ3) is 6.05. The molecule has 0 saturated carbocycles. The second-order valence-corrected chi connectivity index (χ2v) is 12.2. The van der Waals surface area contributed by atoms with Crippen LogP contribution in [-0.2, 0) is 23.9 Å². The van der Waals surface area contributed by atoms with E-state index in [2.05, 4.69) is 18.1 Å². The second kappa shape index (κ2) is 14.5. The van der Waals surface area contributed by atoms with Crippen LogP contribution in [0.1, 0.15) is 58.8 Å². The lowest BCUT2D eigenvalue weighted by Gasteiger charge is -2.37. The minimum absolute atomic E-state index is 0.0675. The average Bonchev–Trinajstić information content (AvgIpc) is 3.60. The van der Waals surface area contributed by atoms with E-state index < -0.39 is 29.1 Å². The van der Waals surface area contributed by atoms with Gasteiger partial charge in [0, 0.05) is 59.0 Å². The highest BCUT2D eigenvalue weighted by molar-refractivity contribution is 5.99. The number of carbonyl (C=O) groups excluding carboxylic acids is 3. The lowest BCUT2D eigenvalue weighted by Crippen LogP contribution is -2.57. The minimum Gasteiger partial charge on any atom is -0.396 e. The van der Waals surface area contributed by atoms with E-state index in [0.29, 0.717) is 84.6 Å². The van der Waals surface area contributed by atoms with Crippen molar-refractivity contribution in [1.29, 1.82) is 0 Å². The Morgan fingerprint density at radius 2 is 1.69 bits per heavy atom. The van der Waals surface area contributed by atoms with Gasteiger partial charge in [0.25, 0.3) is 0 Å². The van der Waals surface area contributed by atoms with Crippen LogP contribution < -0.4 is 0 Å². The Morgan fingerprint density at radius 3 is 2.31 bits per heavy atom. The summed E-state index contributed by atoms with van der Waals surface area (Å²) in [6.07, 6.45) is 8.15. The van der Waals surface area contributed by atoms with Crippen LogP contribution in [0.2, 0.25) is 0 Å². The van der Waals surface area contributed by atoms with Crippen molar-refractivity contribution in [2.45, 2.75) is 76.0 Å². The Balaban J connectivity index is 1.69. The molecule has 1 N–H and O–H groups in total. The molecule has 10 heteroatoms. The van der Waals surface area contributed by atoms with Crippen molar-refractivity contribution < 1.29 is 29.0 Å². The van der Waals surface area contributed by atoms with Crippen LogP contribution in [0, 0.1) is 11.8 Å². The molecule has 4 fully saturated rings. The van der Waals surface area contributed by atoms with E-state index in [1.54, 1.807) is 22.0 Å². The highest BCUT2D eigenvalue weighted by Crippen LogP contribution is 2.64. The number of aliphatic hydroxyl groups is 1. The molecule has 0 aliphatic carbocycles. The van der Waals surface area contributed by atoms with Crippen molar-refractivity contribution in [3.05, 3.63) is 25.3 Å². The van der Waals surface area contributed by atoms with Crippen molar-refractivity contribution in [3.63, 3.8) is 0 Å². The third-order valence-electron chi connectivity index (χ3n) is 9.84. The number of hydrogen-bond donors (Lipinski definition) is 1. The van der Waals surface area contributed by atoms with Gasteiger partial charge >= 0.3 is 0 Å². The van der Waals surface area contributed by atoms with Crippen LogP contribution >= 0.6 is 0 Å². The molecule has 4 aliphatic heterocycles. The fourth-order valence-corrected chi connectivity index (χ4v) is 7.80. The molecule has 4 aliphatic rings. The number of carbonyl (C=O) groups is 3. The summed E-state index contributed by atoms with van der Waals surface area (Å²) >= 11 is 0. The number of amides is 3. The van der Waals surface area contributed by atoms with Crippen molar-refractivity contribution in [3.8, 4) is 0 Å². The van der Waals surface area contributed by atoms with E-state index in [9.17, 15) is 19.5 Å². The van der Waals surface area contributed by atoms with E-state index in [0.717, 1.165) is 25.9 Å². The van der Waals surface area contributed by atoms with Crippen LogP contribution in [0.4, 0.5) is 0 Å². The van der Waals surface area contributed by atoms with E-state index >= 15 is 0 Å². The van der Waals surface area contributed by atoms with Crippen molar-refractivity contribution in [1.82, 2.24) is 19.6 Å². The van der Waals surface area contributed by atoms with Gasteiger partial charge in [-0.3, -0.25) is 19.3 Å². The summed E-state index contributed by atoms with van der Waals surface area (Å²) in [5, 5.41) is 9.32. The number of ether oxygens (including phenoxy) is 2. The van der Waals surface area contributed by atoms with Gasteiger partial charge in [0.15, 0.2) is 0 Å². The van der Waals surface area contributed by atoms with Crippen molar-refractivity contribution in [2.75, 3.05) is 72.2 Å². The molecule has 236 valence electrons. The Morgan fingerprint density at radius 1 is 1.00 bits per heavy atom. The first-order valence-corrected chi connectivity index (χ1v) is 16.0. The van der Waals surface area contributed by atoms with Crippen molar-refractivity contribution >= 4 is 17.7 Å². The fraction of sp³-hybridized carbons (Fsp3) is 0.781. The topological polar surface area (TPSA) is 103 Å². The predicted octanol–water partition coefficient (Wildman–Crippen LogP) is 2.08. The van der Waals surface area contributed by atoms with Gasteiger partial charge in [-0.15, -0.1) is 13.2 Å². The normalized spacial score (nSPS) is 30.4. The molecule has 3 amide bonds. The summed E-state index contributed by atoms with van der Waals surface area (Å²) in [4.78, 5) is 50.9. The standard InChI is InChI=1S/C32H52N4O6/c1-5-14-34(15-6-2)28(38)25-26-29(39)36(17-10-9-11-22-37)27(32(26)13-12-31(25,8-4)42-32)30(40)35(16-7-3)19-18-33-20-23-41-24-21-33/h5,7,25-27,37H,1,3,6,8-24H2,2,4H3/t25-,26+,27?,31+,32?/m1/s1. The number of rotatable bonds is 17. The molecule has 4 heterocycles. The summed E-state index contributed by atoms with van der Waals surface area (Å²) in [6.45, 7) is 17.9. The maximum Gasteiger partial charge on any atom is 0.248 e. The van der Waals surface area contributed by atoms with Gasteiger partial charge in [-0.05, 0) is 44.9 Å². The number of nitrogens with zero attached hydrogens (tertiary/aromatic N) is 4. The van der Waals surface area contributed by atoms with E-state index in [1.807, 2.05) is 18.7 Å². The zero-order chi connectivity index (χ0) is 30.3. The number of unbranched alkanes of at least 4 members (excludes halogenated alkanes) is 2. The van der Waals surface area contributed by atoms with Crippen LogP contribution in [0.3, 0.4) is 0 Å². The number of likely N-dealkylation sites (tertiary alicyclic amines) is 1. The molecule has 2 unspecified atom stereocenters. The van der Waals surface area contributed by atoms with Gasteiger partial charge in [0.1, 0.15) is 11.6 Å². The van der Waals surface area contributed by atoms with Crippen LogP contribution in [-0.4, -0.2) is 132 Å². The Bertz CT molecular complexity index is 986. The highest BCUT2D eigenvalue weighted by atomic mass is 16.5. The van der Waals surface area contributed by atoms with Gasteiger partial charge in [-0.25, -0.2) is 0 Å². The van der Waals surface area contributed by atoms with E-state index in [1.165, 1.54) is 0 Å². The summed E-state index contributed by atoms with van der Waals surface area (Å²) in [7, 11) is 0. The summed E-state index contributed by atoms with van der Waals surface area (Å²) < 4.78 is 12.5. The van der Waals surface area contributed by atoms with Crippen LogP contribution in [0.5, 0.6) is 0 Å². The summed E-state index contributed by atoms with van der Waals surface area (Å²) in [5.74, 6) is -1.67. The van der Waals surface area contributed by atoms with Gasteiger partial charge in [0.2, 0.25) is 17.7 Å². The number of morpholine rings is 1. The maximum absolute atomic E-state index is 14.6. The lowest BCUT2D eigenvalue weighted by atomic mass is 9.64. The van der Waals surface area contributed by atoms with Crippen LogP contribution in [0.15, 0.2) is 25.3 Å². The van der Waals surface area contributed by atoms with Crippen LogP contribution in [0.25, 0.3) is 0 Å². The molecule has 10 nitrogen and oxygen atoms in total. The van der Waals surface area contributed by atoms with Gasteiger partial charge < -0.3 is 29.3 Å². The first kappa shape index (κ1) is 32.6. The molecule has 1 spiro atoms. The molecule has 5 atom stereocenters. The van der Waals surface area contributed by atoms with Crippen molar-refractivity contribution in [2.24, 2.45) is 11.8 Å². The van der Waals surface area contributed by atoms with E-state index in [-0.39, 0.29) is 24.3 Å². The Labute approximate surface area is 251 Å². The number of aliphatic hydroxyl groups excluding tert-OH is 1. The lowest BCUT2D eigenvalue weighted by molar-refractivity contribution is -0.155. The summed E-state index contributed by atoms with van der Waals surface area (Å²) in [6, 6.07) is -0.793. The smallest absolute Gasteiger partial charge is 0.248 e. The molecular formula is C32H52N4O6.